The van der Waals surface area contributed by atoms with Crippen molar-refractivity contribution >= 4 is 0 Å². The SMILES string of the molecule is CNC(Cc1ccccc1C)c1ccc(F)c(C)c1. The van der Waals surface area contributed by atoms with Crippen LogP contribution in [0.15, 0.2) is 42.5 Å². The smallest absolute Gasteiger partial charge is 0.126 e. The molecule has 1 unspecified atom stereocenters. The quantitative estimate of drug-likeness (QED) is 0.874. The molecule has 0 bridgehead atoms. The van der Waals surface area contributed by atoms with E-state index in [2.05, 4.69) is 36.5 Å². The molecular weight excluding hydrogens is 237 g/mol. The molecule has 0 saturated carbocycles. The lowest BCUT2D eigenvalue weighted by molar-refractivity contribution is 0.582. The maximum Gasteiger partial charge on any atom is 0.126 e. The van der Waals surface area contributed by atoms with Gasteiger partial charge in [0.2, 0.25) is 0 Å². The largest absolute Gasteiger partial charge is 0.313 e. The van der Waals surface area contributed by atoms with E-state index in [0.717, 1.165) is 12.0 Å². The van der Waals surface area contributed by atoms with Gasteiger partial charge in [0.15, 0.2) is 0 Å². The van der Waals surface area contributed by atoms with Crippen LogP contribution < -0.4 is 5.32 Å². The van der Waals surface area contributed by atoms with Gasteiger partial charge < -0.3 is 5.32 Å². The summed E-state index contributed by atoms with van der Waals surface area (Å²) < 4.78 is 13.3. The Hall–Kier alpha value is -1.67. The third-order valence-corrected chi connectivity index (χ3v) is 3.62. The van der Waals surface area contributed by atoms with Crippen LogP contribution >= 0.6 is 0 Å². The molecule has 0 saturated heterocycles. The van der Waals surface area contributed by atoms with Crippen molar-refractivity contribution in [2.24, 2.45) is 0 Å². The van der Waals surface area contributed by atoms with E-state index < -0.39 is 0 Å². The fourth-order valence-corrected chi connectivity index (χ4v) is 2.33. The van der Waals surface area contributed by atoms with Crippen molar-refractivity contribution in [1.82, 2.24) is 5.32 Å². The lowest BCUT2D eigenvalue weighted by atomic mass is 9.95. The number of hydrogen-bond donors (Lipinski definition) is 1. The molecule has 1 nitrogen and oxygen atoms in total. The van der Waals surface area contributed by atoms with Gasteiger partial charge in [-0.25, -0.2) is 4.39 Å². The van der Waals surface area contributed by atoms with Crippen LogP contribution in [0.3, 0.4) is 0 Å². The van der Waals surface area contributed by atoms with Gasteiger partial charge in [0, 0.05) is 6.04 Å². The zero-order chi connectivity index (χ0) is 13.8. The number of benzene rings is 2. The van der Waals surface area contributed by atoms with Crippen molar-refractivity contribution in [3.8, 4) is 0 Å². The molecule has 0 spiro atoms. The molecule has 0 heterocycles. The minimum absolute atomic E-state index is 0.144. The average molecular weight is 257 g/mol. The molecule has 1 atom stereocenters. The summed E-state index contributed by atoms with van der Waals surface area (Å²) in [5, 5.41) is 3.32. The first kappa shape index (κ1) is 13.8. The standard InChI is InChI=1S/C17H20FN/c1-12-6-4-5-7-14(12)11-17(19-3)15-8-9-16(18)13(2)10-15/h4-10,17,19H,11H2,1-3H3. The monoisotopic (exact) mass is 257 g/mol. The summed E-state index contributed by atoms with van der Waals surface area (Å²) >= 11 is 0. The molecule has 0 aliphatic rings. The molecular formula is C17H20FN. The molecule has 100 valence electrons. The molecule has 2 aromatic rings. The normalized spacial score (nSPS) is 12.4. The Kier molecular flexibility index (Phi) is 4.33. The second-order valence-electron chi connectivity index (χ2n) is 4.98. The molecule has 0 amide bonds. The predicted molar refractivity (Wildman–Crippen MR) is 77.8 cm³/mol. The van der Waals surface area contributed by atoms with E-state index in [0.29, 0.717) is 5.56 Å². The summed E-state index contributed by atoms with van der Waals surface area (Å²) in [5.41, 5.74) is 4.44. The van der Waals surface area contributed by atoms with Gasteiger partial charge in [0.25, 0.3) is 0 Å². The van der Waals surface area contributed by atoms with Gasteiger partial charge >= 0.3 is 0 Å². The highest BCUT2D eigenvalue weighted by molar-refractivity contribution is 5.31. The third-order valence-electron chi connectivity index (χ3n) is 3.62. The average Bonchev–Trinajstić information content (AvgIpc) is 2.41. The number of hydrogen-bond acceptors (Lipinski definition) is 1. The maximum atomic E-state index is 13.3. The van der Waals surface area contributed by atoms with Gasteiger partial charge in [-0.3, -0.25) is 0 Å². The minimum atomic E-state index is -0.144. The van der Waals surface area contributed by atoms with Crippen LogP contribution in [-0.2, 0) is 6.42 Å². The van der Waals surface area contributed by atoms with Crippen LogP contribution in [0.5, 0.6) is 0 Å². The van der Waals surface area contributed by atoms with Crippen molar-refractivity contribution in [2.45, 2.75) is 26.3 Å². The fourth-order valence-electron chi connectivity index (χ4n) is 2.33. The number of aryl methyl sites for hydroxylation is 2. The second kappa shape index (κ2) is 5.98. The van der Waals surface area contributed by atoms with E-state index in [4.69, 9.17) is 0 Å². The molecule has 0 aliphatic carbocycles. The van der Waals surface area contributed by atoms with Gasteiger partial charge in [0.1, 0.15) is 5.82 Å². The van der Waals surface area contributed by atoms with E-state index in [1.54, 1.807) is 13.0 Å². The van der Waals surface area contributed by atoms with Crippen molar-refractivity contribution in [3.05, 3.63) is 70.5 Å². The lowest BCUT2D eigenvalue weighted by Gasteiger charge is -2.18. The molecule has 0 fully saturated rings. The van der Waals surface area contributed by atoms with Gasteiger partial charge in [0.05, 0.1) is 0 Å². The van der Waals surface area contributed by atoms with Gasteiger partial charge in [-0.15, -0.1) is 0 Å². The third kappa shape index (κ3) is 3.21. The first-order valence-electron chi connectivity index (χ1n) is 6.59. The Balaban J connectivity index is 2.25. The molecule has 0 radical (unpaired) electrons. The zero-order valence-electron chi connectivity index (χ0n) is 11.7. The topological polar surface area (TPSA) is 12.0 Å². The van der Waals surface area contributed by atoms with Crippen LogP contribution in [-0.4, -0.2) is 7.05 Å². The van der Waals surface area contributed by atoms with Gasteiger partial charge in [-0.2, -0.15) is 0 Å². The summed E-state index contributed by atoms with van der Waals surface area (Å²) in [5.74, 6) is -0.144. The highest BCUT2D eigenvalue weighted by Gasteiger charge is 2.12. The number of halogens is 1. The highest BCUT2D eigenvalue weighted by Crippen LogP contribution is 2.22. The maximum absolute atomic E-state index is 13.3. The Morgan fingerprint density at radius 3 is 2.42 bits per heavy atom. The zero-order valence-corrected chi connectivity index (χ0v) is 11.7. The number of likely N-dealkylation sites (N-methyl/N-ethyl adjacent to an activating group) is 1. The van der Waals surface area contributed by atoms with Gasteiger partial charge in [-0.05, 0) is 55.6 Å². The summed E-state index contributed by atoms with van der Waals surface area (Å²) in [6, 6.07) is 13.9. The lowest BCUT2D eigenvalue weighted by Crippen LogP contribution is -2.19. The predicted octanol–water partition coefficient (Wildman–Crippen LogP) is 3.95. The van der Waals surface area contributed by atoms with E-state index in [9.17, 15) is 4.39 Å². The molecule has 2 aromatic carbocycles. The fraction of sp³-hybridized carbons (Fsp3) is 0.294. The first-order chi connectivity index (χ1) is 9.11. The molecule has 2 rings (SSSR count). The Bertz CT molecular complexity index is 563. The Morgan fingerprint density at radius 2 is 1.79 bits per heavy atom. The van der Waals surface area contributed by atoms with E-state index >= 15 is 0 Å². The van der Waals surface area contributed by atoms with Crippen molar-refractivity contribution in [1.29, 1.82) is 0 Å². The van der Waals surface area contributed by atoms with Crippen molar-refractivity contribution < 1.29 is 4.39 Å². The van der Waals surface area contributed by atoms with E-state index in [-0.39, 0.29) is 11.9 Å². The molecule has 0 aromatic heterocycles. The summed E-state index contributed by atoms with van der Waals surface area (Å²) in [4.78, 5) is 0. The Labute approximate surface area is 114 Å². The molecule has 1 N–H and O–H groups in total. The van der Waals surface area contributed by atoms with Crippen LogP contribution in [0.4, 0.5) is 4.39 Å². The first-order valence-corrected chi connectivity index (χ1v) is 6.59. The minimum Gasteiger partial charge on any atom is -0.313 e. The van der Waals surface area contributed by atoms with E-state index in [1.165, 1.54) is 11.1 Å². The number of nitrogens with one attached hydrogen (secondary N) is 1. The Morgan fingerprint density at radius 1 is 1.05 bits per heavy atom. The summed E-state index contributed by atoms with van der Waals surface area (Å²) in [6.45, 7) is 3.93. The van der Waals surface area contributed by atoms with Crippen LogP contribution in [0.1, 0.15) is 28.3 Å². The van der Waals surface area contributed by atoms with Crippen LogP contribution in [0.25, 0.3) is 0 Å². The van der Waals surface area contributed by atoms with Crippen LogP contribution in [0, 0.1) is 19.7 Å². The van der Waals surface area contributed by atoms with Gasteiger partial charge in [-0.1, -0.05) is 36.4 Å². The second-order valence-corrected chi connectivity index (χ2v) is 4.98. The summed E-state index contributed by atoms with van der Waals surface area (Å²) in [7, 11) is 1.95. The van der Waals surface area contributed by atoms with Crippen LogP contribution in [0.2, 0.25) is 0 Å². The summed E-state index contributed by atoms with van der Waals surface area (Å²) in [6.07, 6.45) is 0.911. The van der Waals surface area contributed by atoms with Crippen molar-refractivity contribution in [2.75, 3.05) is 7.05 Å². The van der Waals surface area contributed by atoms with Crippen molar-refractivity contribution in [3.63, 3.8) is 0 Å². The highest BCUT2D eigenvalue weighted by atomic mass is 19.1. The molecule has 0 aliphatic heterocycles. The molecule has 19 heavy (non-hydrogen) atoms. The molecule has 2 heteroatoms. The number of rotatable bonds is 4. The van der Waals surface area contributed by atoms with E-state index in [1.807, 2.05) is 19.2 Å².